The second-order valence-electron chi connectivity index (χ2n) is 8.24. The number of hydrogen-bond acceptors (Lipinski definition) is 0. The Balaban J connectivity index is 1.61. The van der Waals surface area contributed by atoms with Crippen molar-refractivity contribution in [1.82, 2.24) is 0 Å². The highest BCUT2D eigenvalue weighted by Crippen LogP contribution is 2.65. The number of rotatable bonds is 2. The molecule has 4 aliphatic carbocycles. The smallest absolute Gasteiger partial charge is 0.0660 e. The van der Waals surface area contributed by atoms with Crippen LogP contribution < -0.4 is 0 Å². The van der Waals surface area contributed by atoms with Crippen molar-refractivity contribution >= 4 is 7.28 Å². The molecule has 18 heavy (non-hydrogen) atoms. The minimum atomic E-state index is 0.655. The molecule has 0 nitrogen and oxygen atoms in total. The van der Waals surface area contributed by atoms with Gasteiger partial charge in [-0.25, -0.2) is 0 Å². The van der Waals surface area contributed by atoms with Gasteiger partial charge in [0.05, 0.1) is 0 Å². The lowest BCUT2D eigenvalue weighted by molar-refractivity contribution is -0.0988. The van der Waals surface area contributed by atoms with Gasteiger partial charge in [0.15, 0.2) is 0 Å². The van der Waals surface area contributed by atoms with Gasteiger partial charge in [0, 0.05) is 0 Å². The summed E-state index contributed by atoms with van der Waals surface area (Å²) >= 11 is 0. The van der Waals surface area contributed by atoms with E-state index in [0.717, 1.165) is 35.3 Å². The molecule has 0 heterocycles. The summed E-state index contributed by atoms with van der Waals surface area (Å²) in [6.45, 7) is 10.1. The molecule has 0 aromatic rings. The van der Waals surface area contributed by atoms with Crippen LogP contribution in [0.2, 0.25) is 11.6 Å². The first-order valence-electron chi connectivity index (χ1n) is 8.35. The van der Waals surface area contributed by atoms with E-state index >= 15 is 0 Å². The van der Waals surface area contributed by atoms with Crippen molar-refractivity contribution in [2.45, 2.75) is 77.9 Å². The predicted octanol–water partition coefficient (Wildman–Crippen LogP) is 5.18. The van der Waals surface area contributed by atoms with Crippen molar-refractivity contribution < 1.29 is 0 Å². The van der Waals surface area contributed by atoms with E-state index in [9.17, 15) is 0 Å². The molecule has 1 heteroatoms. The van der Waals surface area contributed by atoms with E-state index < -0.39 is 0 Å². The van der Waals surface area contributed by atoms with Crippen molar-refractivity contribution in [3.8, 4) is 0 Å². The SMILES string of the molecule is CC1CCCCC1[B]C1C[C@H]2C[C@H](C1C)C2(C)C. The normalized spacial score (nSPS) is 50.4. The second-order valence-corrected chi connectivity index (χ2v) is 8.24. The highest BCUT2D eigenvalue weighted by Gasteiger charge is 2.56. The third-order valence-electron chi connectivity index (χ3n) is 7.09. The first-order chi connectivity index (χ1) is 8.50. The molecule has 0 spiro atoms. The van der Waals surface area contributed by atoms with Crippen LogP contribution in [-0.2, 0) is 0 Å². The molecule has 0 N–H and O–H groups in total. The van der Waals surface area contributed by atoms with Crippen LogP contribution in [0.5, 0.6) is 0 Å². The lowest BCUT2D eigenvalue weighted by Gasteiger charge is -2.62. The Bertz CT molecular complexity index is 309. The Morgan fingerprint density at radius 3 is 2.28 bits per heavy atom. The summed E-state index contributed by atoms with van der Waals surface area (Å²) in [6.07, 6.45) is 8.92. The molecule has 1 radical (unpaired) electrons. The predicted molar refractivity (Wildman–Crippen MR) is 80.0 cm³/mol. The Kier molecular flexibility index (Phi) is 3.31. The molecule has 0 aromatic heterocycles. The first-order valence-corrected chi connectivity index (χ1v) is 8.35. The maximum absolute atomic E-state index is 2.81. The summed E-state index contributed by atoms with van der Waals surface area (Å²) in [4.78, 5) is 0. The average Bonchev–Trinajstić information content (AvgIpc) is 2.33. The fraction of sp³-hybridized carbons (Fsp3) is 1.00. The van der Waals surface area contributed by atoms with E-state index in [1.807, 2.05) is 0 Å². The molecule has 0 amide bonds. The van der Waals surface area contributed by atoms with Crippen LogP contribution in [0.4, 0.5) is 0 Å². The van der Waals surface area contributed by atoms with Gasteiger partial charge < -0.3 is 0 Å². The van der Waals surface area contributed by atoms with Gasteiger partial charge in [-0.2, -0.15) is 0 Å². The molecule has 4 rings (SSSR count). The summed E-state index contributed by atoms with van der Waals surface area (Å²) in [6, 6.07) is 0. The van der Waals surface area contributed by atoms with Gasteiger partial charge in [-0.05, 0) is 35.5 Å². The van der Waals surface area contributed by atoms with Crippen molar-refractivity contribution in [2.75, 3.05) is 0 Å². The van der Waals surface area contributed by atoms with E-state index in [1.165, 1.54) is 38.5 Å². The minimum absolute atomic E-state index is 0.655. The van der Waals surface area contributed by atoms with Crippen molar-refractivity contribution in [3.63, 3.8) is 0 Å². The fourth-order valence-corrected chi connectivity index (χ4v) is 5.39. The third kappa shape index (κ3) is 1.97. The Hall–Kier alpha value is 0.0649. The molecule has 0 aliphatic heterocycles. The Morgan fingerprint density at radius 2 is 1.67 bits per heavy atom. The van der Waals surface area contributed by atoms with Crippen LogP contribution in [0.3, 0.4) is 0 Å². The van der Waals surface area contributed by atoms with Gasteiger partial charge in [-0.15, -0.1) is 0 Å². The molecular weight excluding hydrogens is 215 g/mol. The highest BCUT2D eigenvalue weighted by atomic mass is 14.6. The van der Waals surface area contributed by atoms with E-state index in [0.29, 0.717) is 5.41 Å². The maximum Gasteiger partial charge on any atom is 0.118 e. The Morgan fingerprint density at radius 1 is 0.944 bits per heavy atom. The first kappa shape index (κ1) is 13.1. The lowest BCUT2D eigenvalue weighted by atomic mass is 9.34. The molecular formula is C17H30B. The second kappa shape index (κ2) is 4.56. The quantitative estimate of drug-likeness (QED) is 0.588. The zero-order chi connectivity index (χ0) is 12.9. The molecule has 4 saturated carbocycles. The summed E-state index contributed by atoms with van der Waals surface area (Å²) in [5, 5.41) is 0. The fourth-order valence-electron chi connectivity index (χ4n) is 5.39. The molecule has 0 aromatic carbocycles. The van der Waals surface area contributed by atoms with Crippen LogP contribution in [0.15, 0.2) is 0 Å². The number of fused-ring (bicyclic) bond motifs is 2. The molecule has 2 bridgehead atoms. The van der Waals surface area contributed by atoms with E-state index in [-0.39, 0.29) is 0 Å². The zero-order valence-corrected chi connectivity index (χ0v) is 12.8. The molecule has 101 valence electrons. The van der Waals surface area contributed by atoms with Gasteiger partial charge in [0.1, 0.15) is 7.28 Å². The number of hydrogen-bond donors (Lipinski definition) is 0. The van der Waals surface area contributed by atoms with Crippen LogP contribution in [0.1, 0.15) is 66.2 Å². The van der Waals surface area contributed by atoms with Crippen LogP contribution >= 0.6 is 0 Å². The topological polar surface area (TPSA) is 0 Å². The van der Waals surface area contributed by atoms with Gasteiger partial charge >= 0.3 is 0 Å². The average molecular weight is 245 g/mol. The maximum atomic E-state index is 2.81. The summed E-state index contributed by atoms with van der Waals surface area (Å²) in [5.74, 6) is 5.81. The van der Waals surface area contributed by atoms with Gasteiger partial charge in [0.25, 0.3) is 0 Å². The molecule has 4 aliphatic rings. The molecule has 4 fully saturated rings. The van der Waals surface area contributed by atoms with E-state index in [2.05, 4.69) is 35.0 Å². The highest BCUT2D eigenvalue weighted by molar-refractivity contribution is 6.40. The summed E-state index contributed by atoms with van der Waals surface area (Å²) in [5.41, 5.74) is 0.655. The lowest BCUT2D eigenvalue weighted by Crippen LogP contribution is -2.54. The molecule has 4 unspecified atom stereocenters. The van der Waals surface area contributed by atoms with Crippen LogP contribution in [-0.4, -0.2) is 7.28 Å². The van der Waals surface area contributed by atoms with E-state index in [4.69, 9.17) is 0 Å². The largest absolute Gasteiger partial charge is 0.118 e. The van der Waals surface area contributed by atoms with Gasteiger partial charge in [-0.3, -0.25) is 0 Å². The Labute approximate surface area is 115 Å². The monoisotopic (exact) mass is 245 g/mol. The van der Waals surface area contributed by atoms with Crippen molar-refractivity contribution in [2.24, 2.45) is 29.1 Å². The van der Waals surface area contributed by atoms with Crippen molar-refractivity contribution in [3.05, 3.63) is 0 Å². The summed E-state index contributed by atoms with van der Waals surface area (Å²) < 4.78 is 0. The van der Waals surface area contributed by atoms with Gasteiger partial charge in [0.2, 0.25) is 0 Å². The van der Waals surface area contributed by atoms with Crippen LogP contribution in [0, 0.1) is 29.1 Å². The van der Waals surface area contributed by atoms with Gasteiger partial charge in [-0.1, -0.05) is 71.4 Å². The zero-order valence-electron chi connectivity index (χ0n) is 12.8. The standard InChI is InChI=1S/C17H30B/c1-11-7-5-6-8-15(11)18-16-10-13-9-14(12(16)2)17(13,3)4/h11-16H,5-10H2,1-4H3/t11?,12?,13-,14-,15?,16?/m1/s1. The third-order valence-corrected chi connectivity index (χ3v) is 7.09. The van der Waals surface area contributed by atoms with E-state index in [1.54, 1.807) is 0 Å². The minimum Gasteiger partial charge on any atom is -0.0660 e. The van der Waals surface area contributed by atoms with Crippen molar-refractivity contribution in [1.29, 1.82) is 0 Å². The molecule has 0 saturated heterocycles. The van der Waals surface area contributed by atoms with Crippen LogP contribution in [0.25, 0.3) is 0 Å². The summed E-state index contributed by atoms with van der Waals surface area (Å²) in [7, 11) is 2.81. The molecule has 6 atom stereocenters.